The third-order valence-corrected chi connectivity index (χ3v) is 4.86. The molecule has 0 saturated carbocycles. The first kappa shape index (κ1) is 24.5. The summed E-state index contributed by atoms with van der Waals surface area (Å²) >= 11 is 0. The van der Waals surface area contributed by atoms with E-state index >= 15 is 0 Å². The standard InChI is InChI=1S/C23H32N2O6/c1-25(2)20(16-6-9-19(28-3)10-7-16)14-24-13-18(26)15-31-21-11-8-17(23(27)30-5)12-22(21)29-4/h6-12,18,20,24,26H,13-15H2,1-5H3/t18-,20-/m0/s1. The van der Waals surface area contributed by atoms with Gasteiger partial charge in [0, 0.05) is 19.1 Å². The number of aliphatic hydroxyl groups is 1. The van der Waals surface area contributed by atoms with Crippen LogP contribution in [0.4, 0.5) is 0 Å². The normalized spacial score (nSPS) is 12.9. The lowest BCUT2D eigenvalue weighted by atomic mass is 10.1. The first-order valence-corrected chi connectivity index (χ1v) is 9.97. The number of carbonyl (C=O) groups excluding carboxylic acids is 1. The third kappa shape index (κ3) is 7.13. The van der Waals surface area contributed by atoms with Crippen LogP contribution in [0.25, 0.3) is 0 Å². The Kier molecular flexibility index (Phi) is 9.58. The fourth-order valence-corrected chi connectivity index (χ4v) is 3.09. The van der Waals surface area contributed by atoms with E-state index < -0.39 is 12.1 Å². The Morgan fingerprint density at radius 3 is 2.29 bits per heavy atom. The van der Waals surface area contributed by atoms with Crippen molar-refractivity contribution in [2.45, 2.75) is 12.1 Å². The minimum atomic E-state index is -0.719. The molecule has 0 amide bonds. The molecule has 8 nitrogen and oxygen atoms in total. The second-order valence-corrected chi connectivity index (χ2v) is 7.23. The molecule has 0 heterocycles. The number of likely N-dealkylation sites (N-methyl/N-ethyl adjacent to an activating group) is 1. The number of esters is 1. The number of hydrogen-bond acceptors (Lipinski definition) is 8. The van der Waals surface area contributed by atoms with Crippen LogP contribution in [0.2, 0.25) is 0 Å². The molecule has 2 aromatic carbocycles. The molecule has 0 aliphatic rings. The zero-order valence-electron chi connectivity index (χ0n) is 18.8. The maximum atomic E-state index is 11.6. The molecule has 2 rings (SSSR count). The minimum Gasteiger partial charge on any atom is -0.497 e. The Morgan fingerprint density at radius 1 is 1.00 bits per heavy atom. The quantitative estimate of drug-likeness (QED) is 0.493. The summed E-state index contributed by atoms with van der Waals surface area (Å²) in [5.74, 6) is 1.20. The molecule has 2 N–H and O–H groups in total. The van der Waals surface area contributed by atoms with Gasteiger partial charge >= 0.3 is 5.97 Å². The van der Waals surface area contributed by atoms with E-state index in [0.29, 0.717) is 30.2 Å². The first-order chi connectivity index (χ1) is 14.9. The number of ether oxygens (including phenoxy) is 4. The maximum Gasteiger partial charge on any atom is 0.337 e. The van der Waals surface area contributed by atoms with Gasteiger partial charge in [0.1, 0.15) is 18.5 Å². The molecule has 0 fully saturated rings. The van der Waals surface area contributed by atoms with E-state index in [1.807, 2.05) is 38.4 Å². The average Bonchev–Trinajstić information content (AvgIpc) is 2.79. The van der Waals surface area contributed by atoms with Crippen LogP contribution in [0.3, 0.4) is 0 Å². The Balaban J connectivity index is 1.86. The zero-order valence-corrected chi connectivity index (χ0v) is 18.8. The monoisotopic (exact) mass is 432 g/mol. The highest BCUT2D eigenvalue weighted by molar-refractivity contribution is 5.90. The molecule has 0 aromatic heterocycles. The number of benzene rings is 2. The minimum absolute atomic E-state index is 0.0795. The molecular formula is C23H32N2O6. The fourth-order valence-electron chi connectivity index (χ4n) is 3.09. The van der Waals surface area contributed by atoms with E-state index in [-0.39, 0.29) is 12.6 Å². The Morgan fingerprint density at radius 2 is 1.71 bits per heavy atom. The number of nitrogens with one attached hydrogen (secondary N) is 1. The lowest BCUT2D eigenvalue weighted by molar-refractivity contribution is 0.0600. The number of methoxy groups -OCH3 is 3. The smallest absolute Gasteiger partial charge is 0.337 e. The van der Waals surface area contributed by atoms with Crippen LogP contribution >= 0.6 is 0 Å². The van der Waals surface area contributed by atoms with Crippen LogP contribution in [0, 0.1) is 0 Å². The van der Waals surface area contributed by atoms with Crippen molar-refractivity contribution in [1.82, 2.24) is 10.2 Å². The average molecular weight is 433 g/mol. The van der Waals surface area contributed by atoms with Crippen molar-refractivity contribution >= 4 is 5.97 Å². The molecule has 8 heteroatoms. The van der Waals surface area contributed by atoms with E-state index in [4.69, 9.17) is 18.9 Å². The van der Waals surface area contributed by atoms with E-state index in [1.165, 1.54) is 14.2 Å². The summed E-state index contributed by atoms with van der Waals surface area (Å²) < 4.78 is 20.9. The third-order valence-electron chi connectivity index (χ3n) is 4.86. The number of rotatable bonds is 12. The summed E-state index contributed by atoms with van der Waals surface area (Å²) in [6.45, 7) is 1.10. The molecule has 31 heavy (non-hydrogen) atoms. The Bertz CT molecular complexity index is 825. The van der Waals surface area contributed by atoms with Crippen LogP contribution in [0.5, 0.6) is 17.2 Å². The van der Waals surface area contributed by atoms with E-state index in [9.17, 15) is 9.90 Å². The van der Waals surface area contributed by atoms with Gasteiger partial charge in [-0.1, -0.05) is 12.1 Å². The summed E-state index contributed by atoms with van der Waals surface area (Å²) in [5.41, 5.74) is 1.52. The van der Waals surface area contributed by atoms with Crippen LogP contribution < -0.4 is 19.5 Å². The lowest BCUT2D eigenvalue weighted by Crippen LogP contribution is -2.37. The highest BCUT2D eigenvalue weighted by atomic mass is 16.5. The van der Waals surface area contributed by atoms with Crippen molar-refractivity contribution in [3.8, 4) is 17.2 Å². The fraction of sp³-hybridized carbons (Fsp3) is 0.435. The predicted octanol–water partition coefficient (Wildman–Crippen LogP) is 2.12. The lowest BCUT2D eigenvalue weighted by Gasteiger charge is -2.26. The number of carbonyl (C=O) groups is 1. The molecule has 0 spiro atoms. The first-order valence-electron chi connectivity index (χ1n) is 9.97. The van der Waals surface area contributed by atoms with E-state index in [1.54, 1.807) is 25.3 Å². The Hall–Kier alpha value is -2.81. The maximum absolute atomic E-state index is 11.6. The van der Waals surface area contributed by atoms with Crippen LogP contribution in [0.15, 0.2) is 42.5 Å². The molecule has 2 atom stereocenters. The van der Waals surface area contributed by atoms with Gasteiger partial charge in [0.2, 0.25) is 0 Å². The summed E-state index contributed by atoms with van der Waals surface area (Å²) in [6.07, 6.45) is -0.719. The number of aliphatic hydroxyl groups excluding tert-OH is 1. The van der Waals surface area contributed by atoms with Crippen molar-refractivity contribution in [3.63, 3.8) is 0 Å². The second-order valence-electron chi connectivity index (χ2n) is 7.23. The van der Waals surface area contributed by atoms with Crippen molar-refractivity contribution < 1.29 is 28.8 Å². The topological polar surface area (TPSA) is 89.5 Å². The molecule has 0 bridgehead atoms. The number of nitrogens with zero attached hydrogens (tertiary/aromatic N) is 1. The molecule has 170 valence electrons. The summed E-state index contributed by atoms with van der Waals surface area (Å²) in [6, 6.07) is 12.8. The van der Waals surface area contributed by atoms with Gasteiger partial charge in [0.15, 0.2) is 11.5 Å². The van der Waals surface area contributed by atoms with Gasteiger partial charge in [0.05, 0.1) is 26.9 Å². The van der Waals surface area contributed by atoms with Gasteiger partial charge in [-0.15, -0.1) is 0 Å². The summed E-state index contributed by atoms with van der Waals surface area (Å²) in [7, 11) is 8.48. The highest BCUT2D eigenvalue weighted by Gasteiger charge is 2.16. The van der Waals surface area contributed by atoms with Crippen molar-refractivity contribution in [2.24, 2.45) is 0 Å². The predicted molar refractivity (Wildman–Crippen MR) is 118 cm³/mol. The van der Waals surface area contributed by atoms with Crippen molar-refractivity contribution in [2.75, 3.05) is 55.1 Å². The van der Waals surface area contributed by atoms with Gasteiger partial charge < -0.3 is 34.3 Å². The van der Waals surface area contributed by atoms with Crippen molar-refractivity contribution in [1.29, 1.82) is 0 Å². The molecule has 0 unspecified atom stereocenters. The molecular weight excluding hydrogens is 400 g/mol. The van der Waals surface area contributed by atoms with Gasteiger partial charge in [-0.25, -0.2) is 4.79 Å². The molecule has 0 aliphatic carbocycles. The van der Waals surface area contributed by atoms with Gasteiger partial charge in [-0.05, 0) is 50.0 Å². The van der Waals surface area contributed by atoms with Crippen LogP contribution in [0.1, 0.15) is 22.0 Å². The molecule has 0 aliphatic heterocycles. The molecule has 0 radical (unpaired) electrons. The van der Waals surface area contributed by atoms with Crippen LogP contribution in [-0.4, -0.2) is 77.2 Å². The van der Waals surface area contributed by atoms with Crippen molar-refractivity contribution in [3.05, 3.63) is 53.6 Å². The molecule has 0 saturated heterocycles. The Labute approximate surface area is 183 Å². The zero-order chi connectivity index (χ0) is 22.8. The summed E-state index contributed by atoms with van der Waals surface area (Å²) in [4.78, 5) is 13.8. The largest absolute Gasteiger partial charge is 0.497 e. The summed E-state index contributed by atoms with van der Waals surface area (Å²) in [5, 5.41) is 13.6. The van der Waals surface area contributed by atoms with Crippen LogP contribution in [-0.2, 0) is 4.74 Å². The highest BCUT2D eigenvalue weighted by Crippen LogP contribution is 2.28. The van der Waals surface area contributed by atoms with E-state index in [0.717, 1.165) is 11.3 Å². The van der Waals surface area contributed by atoms with Gasteiger partial charge in [-0.2, -0.15) is 0 Å². The molecule has 2 aromatic rings. The second kappa shape index (κ2) is 12.1. The number of hydrogen-bond donors (Lipinski definition) is 2. The SMILES string of the molecule is COC(=O)c1ccc(OC[C@@H](O)CNC[C@@H](c2ccc(OC)cc2)N(C)C)c(OC)c1. The van der Waals surface area contributed by atoms with Gasteiger partial charge in [-0.3, -0.25) is 0 Å². The van der Waals surface area contributed by atoms with E-state index in [2.05, 4.69) is 10.2 Å². The van der Waals surface area contributed by atoms with Gasteiger partial charge in [0.25, 0.3) is 0 Å².